The second kappa shape index (κ2) is 5.66. The van der Waals surface area contributed by atoms with E-state index in [1.165, 1.54) is 17.2 Å². The molecule has 1 aliphatic carbocycles. The molecule has 2 aromatic rings. The van der Waals surface area contributed by atoms with Crippen LogP contribution in [0.4, 0.5) is 4.39 Å². The average molecular weight is 335 g/mol. The quantitative estimate of drug-likeness (QED) is 0.861. The van der Waals surface area contributed by atoms with Crippen molar-refractivity contribution < 1.29 is 9.50 Å². The Balaban J connectivity index is 1.85. The summed E-state index contributed by atoms with van der Waals surface area (Å²) >= 11 is 3.34. The van der Waals surface area contributed by atoms with Crippen LogP contribution in [0, 0.1) is 11.7 Å². The largest absolute Gasteiger partial charge is 0.388 e. The van der Waals surface area contributed by atoms with Gasteiger partial charge in [0.2, 0.25) is 0 Å². The van der Waals surface area contributed by atoms with Crippen molar-refractivity contribution in [3.8, 4) is 0 Å². The van der Waals surface area contributed by atoms with Crippen molar-refractivity contribution in [1.29, 1.82) is 0 Å². The van der Waals surface area contributed by atoms with Crippen LogP contribution in [0.2, 0.25) is 0 Å². The molecule has 0 aliphatic heterocycles. The number of rotatable bonds is 2. The van der Waals surface area contributed by atoms with Gasteiger partial charge in [-0.15, -0.1) is 0 Å². The third kappa shape index (κ3) is 2.65. The Kier molecular flexibility index (Phi) is 3.90. The zero-order valence-corrected chi connectivity index (χ0v) is 12.6. The molecule has 2 atom stereocenters. The number of hydrogen-bond acceptors (Lipinski definition) is 1. The first-order chi connectivity index (χ1) is 9.65. The molecule has 0 amide bonds. The average Bonchev–Trinajstić information content (AvgIpc) is 2.48. The van der Waals surface area contributed by atoms with E-state index in [-0.39, 0.29) is 11.7 Å². The molecule has 2 unspecified atom stereocenters. The summed E-state index contributed by atoms with van der Waals surface area (Å²) in [5, 5.41) is 10.5. The Bertz CT molecular complexity index is 626. The number of aliphatic hydroxyl groups excluding tert-OH is 1. The predicted octanol–water partition coefficient (Wildman–Crippen LogP) is 4.43. The minimum absolute atomic E-state index is 0.0775. The van der Waals surface area contributed by atoms with Crippen LogP contribution in [-0.4, -0.2) is 5.11 Å². The summed E-state index contributed by atoms with van der Waals surface area (Å²) in [6, 6.07) is 13.0. The molecule has 0 saturated heterocycles. The van der Waals surface area contributed by atoms with Gasteiger partial charge in [0, 0.05) is 10.0 Å². The predicted molar refractivity (Wildman–Crippen MR) is 81.0 cm³/mol. The lowest BCUT2D eigenvalue weighted by molar-refractivity contribution is 0.0959. The van der Waals surface area contributed by atoms with Gasteiger partial charge in [0.15, 0.2) is 0 Å². The van der Waals surface area contributed by atoms with Gasteiger partial charge >= 0.3 is 0 Å². The molecule has 0 heterocycles. The third-order valence-corrected chi connectivity index (χ3v) is 4.60. The molecule has 104 valence electrons. The SMILES string of the molecule is OC(c1cc(Br)ccc1F)C1CCc2ccccc2C1. The van der Waals surface area contributed by atoms with Crippen molar-refractivity contribution in [1.82, 2.24) is 0 Å². The molecule has 1 aliphatic rings. The summed E-state index contributed by atoms with van der Waals surface area (Å²) in [5.74, 6) is -0.256. The third-order valence-electron chi connectivity index (χ3n) is 4.11. The van der Waals surface area contributed by atoms with Crippen LogP contribution < -0.4 is 0 Å². The highest BCUT2D eigenvalue weighted by Gasteiger charge is 2.27. The molecular weight excluding hydrogens is 319 g/mol. The van der Waals surface area contributed by atoms with E-state index in [0.717, 1.165) is 23.7 Å². The van der Waals surface area contributed by atoms with Gasteiger partial charge in [-0.1, -0.05) is 40.2 Å². The Morgan fingerprint density at radius 2 is 1.90 bits per heavy atom. The van der Waals surface area contributed by atoms with Gasteiger partial charge in [-0.05, 0) is 54.5 Å². The van der Waals surface area contributed by atoms with Crippen molar-refractivity contribution in [3.05, 3.63) is 69.4 Å². The van der Waals surface area contributed by atoms with Gasteiger partial charge in [0.1, 0.15) is 5.82 Å². The fraction of sp³-hybridized carbons (Fsp3) is 0.294. The van der Waals surface area contributed by atoms with E-state index in [2.05, 4.69) is 28.1 Å². The maximum Gasteiger partial charge on any atom is 0.129 e. The van der Waals surface area contributed by atoms with E-state index >= 15 is 0 Å². The summed E-state index contributed by atoms with van der Waals surface area (Å²) in [5.41, 5.74) is 3.02. The van der Waals surface area contributed by atoms with Crippen molar-refractivity contribution in [2.24, 2.45) is 5.92 Å². The van der Waals surface area contributed by atoms with E-state index in [4.69, 9.17) is 0 Å². The second-order valence-electron chi connectivity index (χ2n) is 5.38. The van der Waals surface area contributed by atoms with Gasteiger partial charge in [0.05, 0.1) is 6.10 Å². The molecule has 0 fully saturated rings. The summed E-state index contributed by atoms with van der Waals surface area (Å²) in [6.45, 7) is 0. The van der Waals surface area contributed by atoms with Crippen LogP contribution in [0.1, 0.15) is 29.2 Å². The van der Waals surface area contributed by atoms with Gasteiger partial charge in [-0.3, -0.25) is 0 Å². The smallest absolute Gasteiger partial charge is 0.129 e. The molecule has 0 spiro atoms. The Labute approximate surface area is 126 Å². The van der Waals surface area contributed by atoms with Crippen LogP contribution in [0.15, 0.2) is 46.9 Å². The number of benzene rings is 2. The number of fused-ring (bicyclic) bond motifs is 1. The van der Waals surface area contributed by atoms with Crippen LogP contribution in [0.3, 0.4) is 0 Å². The van der Waals surface area contributed by atoms with Crippen molar-refractivity contribution in [2.75, 3.05) is 0 Å². The molecule has 0 saturated carbocycles. The molecule has 1 N–H and O–H groups in total. The lowest BCUT2D eigenvalue weighted by Crippen LogP contribution is -2.21. The second-order valence-corrected chi connectivity index (χ2v) is 6.30. The van der Waals surface area contributed by atoms with Crippen LogP contribution in [0.25, 0.3) is 0 Å². The van der Waals surface area contributed by atoms with E-state index in [9.17, 15) is 9.50 Å². The monoisotopic (exact) mass is 334 g/mol. The molecular formula is C17H16BrFO. The minimum Gasteiger partial charge on any atom is -0.388 e. The lowest BCUT2D eigenvalue weighted by atomic mass is 9.79. The van der Waals surface area contributed by atoms with Crippen molar-refractivity contribution >= 4 is 15.9 Å². The highest BCUT2D eigenvalue weighted by molar-refractivity contribution is 9.10. The maximum atomic E-state index is 13.9. The fourth-order valence-electron chi connectivity index (χ4n) is 2.99. The van der Waals surface area contributed by atoms with Crippen LogP contribution in [0.5, 0.6) is 0 Å². The standard InChI is InChI=1S/C17H16BrFO/c18-14-7-8-16(19)15(10-14)17(20)13-6-5-11-3-1-2-4-12(11)9-13/h1-4,7-8,10,13,17,20H,5-6,9H2. The summed E-state index contributed by atoms with van der Waals surface area (Å²) < 4.78 is 14.7. The maximum absolute atomic E-state index is 13.9. The molecule has 0 aromatic heterocycles. The normalized spacial score (nSPS) is 19.4. The highest BCUT2D eigenvalue weighted by atomic mass is 79.9. The topological polar surface area (TPSA) is 20.2 Å². The zero-order chi connectivity index (χ0) is 14.1. The number of halogens is 2. The first-order valence-electron chi connectivity index (χ1n) is 6.85. The van der Waals surface area contributed by atoms with E-state index < -0.39 is 6.10 Å². The van der Waals surface area contributed by atoms with E-state index in [1.54, 1.807) is 12.1 Å². The zero-order valence-electron chi connectivity index (χ0n) is 11.0. The Morgan fingerprint density at radius 1 is 1.15 bits per heavy atom. The van der Waals surface area contributed by atoms with Gasteiger partial charge in [0.25, 0.3) is 0 Å². The first-order valence-corrected chi connectivity index (χ1v) is 7.64. The number of aliphatic hydroxyl groups is 1. The van der Waals surface area contributed by atoms with Gasteiger partial charge < -0.3 is 5.11 Å². The molecule has 1 nitrogen and oxygen atoms in total. The summed E-state index contributed by atoms with van der Waals surface area (Å²) in [4.78, 5) is 0. The van der Waals surface area contributed by atoms with E-state index in [1.807, 2.05) is 12.1 Å². The summed E-state index contributed by atoms with van der Waals surface area (Å²) in [7, 11) is 0. The van der Waals surface area contributed by atoms with Crippen molar-refractivity contribution in [3.63, 3.8) is 0 Å². The molecule has 3 rings (SSSR count). The Hall–Kier alpha value is -1.19. The highest BCUT2D eigenvalue weighted by Crippen LogP contribution is 2.35. The molecule has 3 heteroatoms. The van der Waals surface area contributed by atoms with Gasteiger partial charge in [-0.25, -0.2) is 4.39 Å². The molecule has 20 heavy (non-hydrogen) atoms. The number of hydrogen-bond donors (Lipinski definition) is 1. The fourth-order valence-corrected chi connectivity index (χ4v) is 3.37. The lowest BCUT2D eigenvalue weighted by Gasteiger charge is -2.29. The van der Waals surface area contributed by atoms with Crippen LogP contribution >= 0.6 is 15.9 Å². The Morgan fingerprint density at radius 3 is 2.70 bits per heavy atom. The molecule has 0 radical (unpaired) electrons. The van der Waals surface area contributed by atoms with Gasteiger partial charge in [-0.2, -0.15) is 0 Å². The van der Waals surface area contributed by atoms with E-state index in [0.29, 0.717) is 5.56 Å². The number of aryl methyl sites for hydroxylation is 1. The minimum atomic E-state index is -0.749. The molecule has 0 bridgehead atoms. The first kappa shape index (κ1) is 13.8. The molecule has 2 aromatic carbocycles. The summed E-state index contributed by atoms with van der Waals surface area (Å²) in [6.07, 6.45) is 1.90. The van der Waals surface area contributed by atoms with Crippen LogP contribution in [-0.2, 0) is 12.8 Å². The van der Waals surface area contributed by atoms with Crippen molar-refractivity contribution in [2.45, 2.75) is 25.4 Å².